The number of aldehydes is 1. The third kappa shape index (κ3) is 5.41. The summed E-state index contributed by atoms with van der Waals surface area (Å²) < 4.78 is 9.96. The smallest absolute Gasteiger partial charge is 0.337 e. The first-order chi connectivity index (χ1) is 11.8. The molecule has 0 N–H and O–H groups in total. The van der Waals surface area contributed by atoms with Crippen LogP contribution in [-0.2, 0) is 14.3 Å². The Hall–Kier alpha value is -2.70. The van der Waals surface area contributed by atoms with Crippen molar-refractivity contribution in [1.29, 1.82) is 0 Å². The first-order valence-corrected chi connectivity index (χ1v) is 7.97. The summed E-state index contributed by atoms with van der Waals surface area (Å²) in [4.78, 5) is 34.4. The van der Waals surface area contributed by atoms with Crippen molar-refractivity contribution in [3.63, 3.8) is 0 Å². The van der Waals surface area contributed by atoms with E-state index >= 15 is 0 Å². The van der Waals surface area contributed by atoms with Gasteiger partial charge in [0.1, 0.15) is 12.0 Å². The molecule has 0 spiro atoms. The highest BCUT2D eigenvalue weighted by molar-refractivity contribution is 5.82. The molecule has 1 aromatic carbocycles. The number of nitrogens with zero attached hydrogens (tertiary/aromatic N) is 1. The van der Waals surface area contributed by atoms with Gasteiger partial charge in [-0.05, 0) is 30.5 Å². The number of esters is 1. The number of benzene rings is 1. The summed E-state index contributed by atoms with van der Waals surface area (Å²) in [6, 6.07) is 6.69. The number of hydrogen-bond acceptors (Lipinski definition) is 6. The summed E-state index contributed by atoms with van der Waals surface area (Å²) in [7, 11) is 1.48. The van der Waals surface area contributed by atoms with Gasteiger partial charge in [-0.15, -0.1) is 0 Å². The molecule has 0 fully saturated rings. The SMILES string of the molecule is CCOC(=O)/C=C(/[C@H](c1cccc(OC)c1)[C@H](C=O)C(C)C)[N+](=O)[O-]. The van der Waals surface area contributed by atoms with Gasteiger partial charge in [-0.25, -0.2) is 4.79 Å². The summed E-state index contributed by atoms with van der Waals surface area (Å²) in [6.45, 7) is 5.31. The number of ether oxygens (including phenoxy) is 2. The van der Waals surface area contributed by atoms with Crippen molar-refractivity contribution < 1.29 is 24.0 Å². The Labute approximate surface area is 146 Å². The van der Waals surface area contributed by atoms with Crippen LogP contribution in [0, 0.1) is 22.0 Å². The number of nitro groups is 1. The molecule has 0 amide bonds. The monoisotopic (exact) mass is 349 g/mol. The first kappa shape index (κ1) is 20.3. The first-order valence-electron chi connectivity index (χ1n) is 7.97. The molecule has 1 rings (SSSR count). The fraction of sp³-hybridized carbons (Fsp3) is 0.444. The van der Waals surface area contributed by atoms with Gasteiger partial charge in [0.05, 0.1) is 30.6 Å². The Bertz CT molecular complexity index is 653. The zero-order valence-corrected chi connectivity index (χ0v) is 14.8. The van der Waals surface area contributed by atoms with Gasteiger partial charge >= 0.3 is 5.97 Å². The summed E-state index contributed by atoms with van der Waals surface area (Å²) in [5.74, 6) is -2.05. The molecule has 0 heterocycles. The van der Waals surface area contributed by atoms with E-state index in [0.29, 0.717) is 17.6 Å². The van der Waals surface area contributed by atoms with Gasteiger partial charge < -0.3 is 14.3 Å². The zero-order chi connectivity index (χ0) is 19.0. The third-order valence-corrected chi connectivity index (χ3v) is 3.85. The molecule has 2 atom stereocenters. The fourth-order valence-electron chi connectivity index (χ4n) is 2.61. The average Bonchev–Trinajstić information content (AvgIpc) is 2.57. The third-order valence-electron chi connectivity index (χ3n) is 3.85. The molecule has 0 aliphatic carbocycles. The Balaban J connectivity index is 3.53. The maximum absolute atomic E-state index is 11.8. The average molecular weight is 349 g/mol. The van der Waals surface area contributed by atoms with E-state index < -0.39 is 22.7 Å². The van der Waals surface area contributed by atoms with Crippen LogP contribution in [0.25, 0.3) is 0 Å². The maximum Gasteiger partial charge on any atom is 0.337 e. The lowest BCUT2D eigenvalue weighted by molar-refractivity contribution is -0.431. The van der Waals surface area contributed by atoms with Crippen molar-refractivity contribution in [2.75, 3.05) is 13.7 Å². The Morgan fingerprint density at radius 3 is 2.52 bits per heavy atom. The second-order valence-electron chi connectivity index (χ2n) is 5.79. The molecule has 1 aromatic rings. The van der Waals surface area contributed by atoms with Crippen molar-refractivity contribution >= 4 is 12.3 Å². The van der Waals surface area contributed by atoms with Crippen LogP contribution in [0.4, 0.5) is 0 Å². The van der Waals surface area contributed by atoms with E-state index in [1.54, 1.807) is 45.0 Å². The maximum atomic E-state index is 11.8. The van der Waals surface area contributed by atoms with Crippen molar-refractivity contribution in [3.05, 3.63) is 51.7 Å². The number of allylic oxidation sites excluding steroid dienone is 1. The molecular weight excluding hydrogens is 326 g/mol. The fourth-order valence-corrected chi connectivity index (χ4v) is 2.61. The highest BCUT2D eigenvalue weighted by Crippen LogP contribution is 2.37. The minimum Gasteiger partial charge on any atom is -0.497 e. The minimum absolute atomic E-state index is 0.103. The van der Waals surface area contributed by atoms with E-state index in [1.165, 1.54) is 7.11 Å². The lowest BCUT2D eigenvalue weighted by atomic mass is 9.78. The molecule has 0 aliphatic rings. The number of hydrogen-bond donors (Lipinski definition) is 0. The molecule has 0 saturated heterocycles. The molecule has 0 aliphatic heterocycles. The predicted molar refractivity (Wildman–Crippen MR) is 91.8 cm³/mol. The molecule has 0 radical (unpaired) electrons. The van der Waals surface area contributed by atoms with Crippen LogP contribution >= 0.6 is 0 Å². The molecule has 0 bridgehead atoms. The van der Waals surface area contributed by atoms with Crippen LogP contribution in [0.15, 0.2) is 36.0 Å². The molecule has 0 unspecified atom stereocenters. The van der Waals surface area contributed by atoms with E-state index in [4.69, 9.17) is 9.47 Å². The standard InChI is InChI=1S/C18H23NO6/c1-5-25-17(21)10-16(19(22)23)18(15(11-20)12(2)3)13-7-6-8-14(9-13)24-4/h6-12,15,18H,5H2,1-4H3/b16-10-/t15-,18-/m1/s1. The van der Waals surface area contributed by atoms with E-state index in [2.05, 4.69) is 0 Å². The van der Waals surface area contributed by atoms with Crippen LogP contribution in [0.3, 0.4) is 0 Å². The predicted octanol–water partition coefficient (Wildman–Crippen LogP) is 2.97. The largest absolute Gasteiger partial charge is 0.497 e. The Morgan fingerprint density at radius 2 is 2.04 bits per heavy atom. The molecule has 136 valence electrons. The molecule has 7 nitrogen and oxygen atoms in total. The van der Waals surface area contributed by atoms with Crippen LogP contribution in [-0.4, -0.2) is 30.9 Å². The topological polar surface area (TPSA) is 95.7 Å². The number of rotatable bonds is 9. The van der Waals surface area contributed by atoms with Crippen LogP contribution in [0.1, 0.15) is 32.3 Å². The molecule has 25 heavy (non-hydrogen) atoms. The van der Waals surface area contributed by atoms with E-state index in [-0.39, 0.29) is 18.2 Å². The second kappa shape index (κ2) is 9.56. The van der Waals surface area contributed by atoms with Gasteiger partial charge in [0.15, 0.2) is 0 Å². The number of methoxy groups -OCH3 is 1. The molecule has 0 saturated carbocycles. The summed E-state index contributed by atoms with van der Waals surface area (Å²) in [5, 5.41) is 11.6. The van der Waals surface area contributed by atoms with Gasteiger partial charge in [0, 0.05) is 5.92 Å². The van der Waals surface area contributed by atoms with Crippen LogP contribution in [0.5, 0.6) is 5.75 Å². The lowest BCUT2D eigenvalue weighted by Gasteiger charge is -2.24. The molecule has 0 aromatic heterocycles. The summed E-state index contributed by atoms with van der Waals surface area (Å²) >= 11 is 0. The molecular formula is C18H23NO6. The van der Waals surface area contributed by atoms with Crippen LogP contribution in [0.2, 0.25) is 0 Å². The van der Waals surface area contributed by atoms with Gasteiger partial charge in [-0.2, -0.15) is 0 Å². The second-order valence-corrected chi connectivity index (χ2v) is 5.79. The van der Waals surface area contributed by atoms with E-state index in [0.717, 1.165) is 6.08 Å². The van der Waals surface area contributed by atoms with E-state index in [1.807, 2.05) is 0 Å². The van der Waals surface area contributed by atoms with Crippen LogP contribution < -0.4 is 4.74 Å². The molecule has 7 heteroatoms. The summed E-state index contributed by atoms with van der Waals surface area (Å²) in [6.07, 6.45) is 1.55. The number of carbonyl (C=O) groups excluding carboxylic acids is 2. The van der Waals surface area contributed by atoms with Gasteiger partial charge in [0.2, 0.25) is 0 Å². The van der Waals surface area contributed by atoms with Crippen molar-refractivity contribution in [2.24, 2.45) is 11.8 Å². The van der Waals surface area contributed by atoms with E-state index in [9.17, 15) is 19.7 Å². The lowest BCUT2D eigenvalue weighted by Crippen LogP contribution is -2.26. The van der Waals surface area contributed by atoms with Crippen molar-refractivity contribution in [1.82, 2.24) is 0 Å². The summed E-state index contributed by atoms with van der Waals surface area (Å²) in [5.41, 5.74) is 0.148. The quantitative estimate of drug-likeness (QED) is 0.224. The minimum atomic E-state index is -0.896. The van der Waals surface area contributed by atoms with Gasteiger partial charge in [0.25, 0.3) is 5.70 Å². The number of carbonyl (C=O) groups is 2. The highest BCUT2D eigenvalue weighted by atomic mass is 16.6. The Morgan fingerprint density at radius 1 is 1.36 bits per heavy atom. The normalized spacial score (nSPS) is 13.9. The Kier molecular flexibility index (Phi) is 7.78. The van der Waals surface area contributed by atoms with Gasteiger partial charge in [-0.3, -0.25) is 10.1 Å². The highest BCUT2D eigenvalue weighted by Gasteiger charge is 2.37. The van der Waals surface area contributed by atoms with Gasteiger partial charge in [-0.1, -0.05) is 26.0 Å². The zero-order valence-electron chi connectivity index (χ0n) is 14.8. The van der Waals surface area contributed by atoms with Crippen molar-refractivity contribution in [2.45, 2.75) is 26.7 Å². The van der Waals surface area contributed by atoms with Crippen molar-refractivity contribution in [3.8, 4) is 5.75 Å².